The molecule has 1 atom stereocenters. The fourth-order valence-electron chi connectivity index (χ4n) is 2.46. The number of piperidine rings is 1. The highest BCUT2D eigenvalue weighted by molar-refractivity contribution is 4.80. The molecule has 12 heavy (non-hydrogen) atoms. The zero-order valence-corrected chi connectivity index (χ0v) is 8.13. The Labute approximate surface area is 75.5 Å². The second kappa shape index (κ2) is 3.75. The van der Waals surface area contributed by atoms with E-state index in [1.165, 1.54) is 51.9 Å². The maximum atomic E-state index is 2.70. The molecular weight excluding hydrogens is 148 g/mol. The zero-order chi connectivity index (χ0) is 8.39. The summed E-state index contributed by atoms with van der Waals surface area (Å²) in [6, 6.07) is 0.920. The van der Waals surface area contributed by atoms with Crippen LogP contribution in [0.15, 0.2) is 0 Å². The predicted octanol–water partition coefficient (Wildman–Crippen LogP) is 1.18. The normalized spacial score (nSPS) is 34.2. The summed E-state index contributed by atoms with van der Waals surface area (Å²) >= 11 is 0. The van der Waals surface area contributed by atoms with E-state index in [-0.39, 0.29) is 0 Å². The van der Waals surface area contributed by atoms with Gasteiger partial charge in [-0.1, -0.05) is 6.42 Å². The molecule has 2 aliphatic rings. The molecule has 2 heterocycles. The molecule has 2 saturated heterocycles. The summed E-state index contributed by atoms with van der Waals surface area (Å²) in [5.74, 6) is 0. The summed E-state index contributed by atoms with van der Waals surface area (Å²) in [5.41, 5.74) is 0. The Bertz CT molecular complexity index is 131. The van der Waals surface area contributed by atoms with Crippen LogP contribution in [-0.4, -0.2) is 49.1 Å². The van der Waals surface area contributed by atoms with Crippen LogP contribution in [0.5, 0.6) is 0 Å². The van der Waals surface area contributed by atoms with Crippen molar-refractivity contribution in [3.8, 4) is 0 Å². The quantitative estimate of drug-likeness (QED) is 0.536. The van der Waals surface area contributed by atoms with Crippen molar-refractivity contribution in [3.63, 3.8) is 0 Å². The third kappa shape index (κ3) is 1.80. The van der Waals surface area contributed by atoms with Gasteiger partial charge in [0.25, 0.3) is 0 Å². The van der Waals surface area contributed by atoms with Crippen molar-refractivity contribution in [2.45, 2.75) is 31.7 Å². The Balaban J connectivity index is 1.94. The molecule has 0 N–H and O–H groups in total. The summed E-state index contributed by atoms with van der Waals surface area (Å²) in [6.45, 7) is 5.25. The number of likely N-dealkylation sites (N-methyl/N-ethyl adjacent to an activating group) is 1. The number of nitrogens with zero attached hydrogens (tertiary/aromatic N) is 2. The smallest absolute Gasteiger partial charge is 0.0112 e. The average molecular weight is 168 g/mol. The third-order valence-electron chi connectivity index (χ3n) is 3.36. The molecule has 1 unspecified atom stereocenters. The molecule has 0 saturated carbocycles. The lowest BCUT2D eigenvalue weighted by Crippen LogP contribution is -2.39. The van der Waals surface area contributed by atoms with Crippen LogP contribution in [0.2, 0.25) is 0 Å². The molecule has 0 spiro atoms. The van der Waals surface area contributed by atoms with Gasteiger partial charge in [0.2, 0.25) is 0 Å². The first-order chi connectivity index (χ1) is 5.86. The van der Waals surface area contributed by atoms with E-state index in [2.05, 4.69) is 16.8 Å². The summed E-state index contributed by atoms with van der Waals surface area (Å²) in [6.07, 6.45) is 5.75. The van der Waals surface area contributed by atoms with E-state index in [4.69, 9.17) is 0 Å². The minimum Gasteiger partial charge on any atom is -0.305 e. The molecule has 70 valence electrons. The van der Waals surface area contributed by atoms with Crippen LogP contribution in [0.4, 0.5) is 0 Å². The molecule has 2 heteroatoms. The summed E-state index contributed by atoms with van der Waals surface area (Å²) in [5, 5.41) is 0. The minimum absolute atomic E-state index is 0.920. The monoisotopic (exact) mass is 168 g/mol. The highest BCUT2D eigenvalue weighted by atomic mass is 15.2. The van der Waals surface area contributed by atoms with Gasteiger partial charge < -0.3 is 4.90 Å². The van der Waals surface area contributed by atoms with Gasteiger partial charge in [-0.15, -0.1) is 0 Å². The van der Waals surface area contributed by atoms with Gasteiger partial charge in [0, 0.05) is 19.1 Å². The van der Waals surface area contributed by atoms with Crippen LogP contribution in [-0.2, 0) is 0 Å². The lowest BCUT2D eigenvalue weighted by molar-refractivity contribution is 0.156. The van der Waals surface area contributed by atoms with Crippen LogP contribution >= 0.6 is 0 Å². The molecule has 0 aliphatic carbocycles. The van der Waals surface area contributed by atoms with E-state index in [1.54, 1.807) is 0 Å². The Morgan fingerprint density at radius 1 is 0.917 bits per heavy atom. The first kappa shape index (κ1) is 8.52. The second-order valence-electron chi connectivity index (χ2n) is 4.28. The van der Waals surface area contributed by atoms with E-state index in [9.17, 15) is 0 Å². The van der Waals surface area contributed by atoms with E-state index in [1.807, 2.05) is 0 Å². The minimum atomic E-state index is 0.920. The zero-order valence-electron chi connectivity index (χ0n) is 8.13. The Hall–Kier alpha value is -0.0800. The first-order valence-corrected chi connectivity index (χ1v) is 5.29. The van der Waals surface area contributed by atoms with Crippen molar-refractivity contribution in [1.29, 1.82) is 0 Å². The number of hydrogen-bond donors (Lipinski definition) is 0. The van der Waals surface area contributed by atoms with Gasteiger partial charge >= 0.3 is 0 Å². The number of rotatable bonds is 0. The Morgan fingerprint density at radius 2 is 1.83 bits per heavy atom. The molecule has 0 aromatic carbocycles. The fraction of sp³-hybridized carbons (Fsp3) is 1.00. The molecule has 2 nitrogen and oxygen atoms in total. The van der Waals surface area contributed by atoms with Crippen LogP contribution in [0.1, 0.15) is 25.7 Å². The van der Waals surface area contributed by atoms with Crippen molar-refractivity contribution in [2.75, 3.05) is 33.2 Å². The number of hydrogen-bond acceptors (Lipinski definition) is 2. The Morgan fingerprint density at radius 3 is 2.75 bits per heavy atom. The SMILES string of the molecule is CN1CCC2CCCCN2CC1. The van der Waals surface area contributed by atoms with Crippen molar-refractivity contribution in [1.82, 2.24) is 9.80 Å². The molecule has 2 rings (SSSR count). The van der Waals surface area contributed by atoms with Gasteiger partial charge in [0.05, 0.1) is 0 Å². The molecule has 0 amide bonds. The van der Waals surface area contributed by atoms with Crippen molar-refractivity contribution in [3.05, 3.63) is 0 Å². The molecule has 2 aliphatic heterocycles. The van der Waals surface area contributed by atoms with E-state index >= 15 is 0 Å². The van der Waals surface area contributed by atoms with Gasteiger partial charge in [-0.3, -0.25) is 4.90 Å². The maximum Gasteiger partial charge on any atom is 0.0112 e. The molecule has 0 radical (unpaired) electrons. The van der Waals surface area contributed by atoms with Crippen LogP contribution in [0.3, 0.4) is 0 Å². The second-order valence-corrected chi connectivity index (χ2v) is 4.28. The standard InChI is InChI=1S/C10H20N2/c1-11-7-5-10-4-2-3-6-12(10)9-8-11/h10H,2-9H2,1H3. The van der Waals surface area contributed by atoms with Crippen molar-refractivity contribution in [2.24, 2.45) is 0 Å². The third-order valence-corrected chi connectivity index (χ3v) is 3.36. The van der Waals surface area contributed by atoms with Crippen molar-refractivity contribution >= 4 is 0 Å². The lowest BCUT2D eigenvalue weighted by atomic mass is 10.00. The maximum absolute atomic E-state index is 2.70. The fourth-order valence-corrected chi connectivity index (χ4v) is 2.46. The van der Waals surface area contributed by atoms with Gasteiger partial charge in [0.15, 0.2) is 0 Å². The number of fused-ring (bicyclic) bond motifs is 1. The van der Waals surface area contributed by atoms with Gasteiger partial charge in [-0.05, 0) is 39.4 Å². The lowest BCUT2D eigenvalue weighted by Gasteiger charge is -2.33. The molecule has 0 aromatic rings. The van der Waals surface area contributed by atoms with Gasteiger partial charge in [0.1, 0.15) is 0 Å². The summed E-state index contributed by atoms with van der Waals surface area (Å²) < 4.78 is 0. The van der Waals surface area contributed by atoms with Crippen LogP contribution in [0.25, 0.3) is 0 Å². The first-order valence-electron chi connectivity index (χ1n) is 5.29. The average Bonchev–Trinajstić information content (AvgIpc) is 2.29. The Kier molecular flexibility index (Phi) is 2.66. The highest BCUT2D eigenvalue weighted by Gasteiger charge is 2.24. The van der Waals surface area contributed by atoms with Gasteiger partial charge in [-0.25, -0.2) is 0 Å². The molecule has 2 fully saturated rings. The predicted molar refractivity (Wildman–Crippen MR) is 51.3 cm³/mol. The van der Waals surface area contributed by atoms with E-state index < -0.39 is 0 Å². The molecule has 0 bridgehead atoms. The molecular formula is C10H20N2. The topological polar surface area (TPSA) is 6.48 Å². The highest BCUT2D eigenvalue weighted by Crippen LogP contribution is 2.21. The van der Waals surface area contributed by atoms with Crippen LogP contribution in [0, 0.1) is 0 Å². The van der Waals surface area contributed by atoms with Crippen molar-refractivity contribution < 1.29 is 0 Å². The van der Waals surface area contributed by atoms with Gasteiger partial charge in [-0.2, -0.15) is 0 Å². The van der Waals surface area contributed by atoms with Crippen LogP contribution < -0.4 is 0 Å². The van der Waals surface area contributed by atoms with E-state index in [0.29, 0.717) is 0 Å². The summed E-state index contributed by atoms with van der Waals surface area (Å²) in [4.78, 5) is 5.17. The molecule has 0 aromatic heterocycles. The largest absolute Gasteiger partial charge is 0.305 e. The van der Waals surface area contributed by atoms with E-state index in [0.717, 1.165) is 6.04 Å². The summed E-state index contributed by atoms with van der Waals surface area (Å²) in [7, 11) is 2.25.